The second-order valence-corrected chi connectivity index (χ2v) is 10.5. The zero-order chi connectivity index (χ0) is 31.2. The number of carbonyl (C=O) groups excluding carboxylic acids is 4. The number of para-hydroxylation sites is 2. The van der Waals surface area contributed by atoms with Crippen LogP contribution in [-0.2, 0) is 19.1 Å². The third-order valence-electron chi connectivity index (χ3n) is 7.83. The number of furan rings is 1. The maximum Gasteiger partial charge on any atom is 0.379 e. The predicted molar refractivity (Wildman–Crippen MR) is 170 cm³/mol. The number of Topliss-reactive ketones (excluding diaryl/α,β-unsaturated/α-hetero) is 2. The number of fused-ring (bicyclic) bond motifs is 5. The molecule has 0 unspecified atom stereocenters. The fraction of sp³-hybridized carbons (Fsp3) is 0.111. The van der Waals surface area contributed by atoms with E-state index in [4.69, 9.17) is 13.9 Å². The van der Waals surface area contributed by atoms with Gasteiger partial charge in [-0.2, -0.15) is 0 Å². The Hall–Kier alpha value is -5.96. The van der Waals surface area contributed by atoms with Gasteiger partial charge in [0, 0.05) is 32.6 Å². The van der Waals surface area contributed by atoms with Gasteiger partial charge in [0.2, 0.25) is 0 Å². The van der Waals surface area contributed by atoms with Crippen LogP contribution in [0.1, 0.15) is 34.6 Å². The van der Waals surface area contributed by atoms with Crippen LogP contribution < -0.4 is 0 Å². The van der Waals surface area contributed by atoms with E-state index in [9.17, 15) is 19.2 Å². The van der Waals surface area contributed by atoms with Crippen molar-refractivity contribution in [2.75, 3.05) is 13.2 Å². The number of aromatic amines is 2. The summed E-state index contributed by atoms with van der Waals surface area (Å²) in [7, 11) is 0. The van der Waals surface area contributed by atoms with E-state index in [0.29, 0.717) is 55.5 Å². The molecule has 0 amide bonds. The van der Waals surface area contributed by atoms with Gasteiger partial charge in [-0.05, 0) is 73.5 Å². The Bertz CT molecular complexity index is 2170. The molecule has 0 atom stereocenters. The van der Waals surface area contributed by atoms with E-state index in [0.717, 1.165) is 10.8 Å². The van der Waals surface area contributed by atoms with E-state index >= 15 is 0 Å². The summed E-state index contributed by atoms with van der Waals surface area (Å²) in [5.74, 6) is -3.31. The summed E-state index contributed by atoms with van der Waals surface area (Å²) in [6.45, 7) is 3.47. The minimum absolute atomic E-state index is 0.0844. The molecule has 0 aliphatic rings. The van der Waals surface area contributed by atoms with Gasteiger partial charge in [-0.3, -0.25) is 9.59 Å². The van der Waals surface area contributed by atoms with Crippen molar-refractivity contribution in [3.8, 4) is 22.5 Å². The number of esters is 2. The molecule has 9 nitrogen and oxygen atoms in total. The van der Waals surface area contributed by atoms with Crippen LogP contribution in [-0.4, -0.2) is 46.7 Å². The summed E-state index contributed by atoms with van der Waals surface area (Å²) < 4.78 is 16.2. The standard InChI is InChI=1S/C36H26N2O7/c1-3-43-35(41)33(39)29-21-9-5-7-11-25(21)37-31(29)19-13-15-27-23(17-19)24-18-20(14-16-28(24)45-27)32-30(34(40)36(42)44-4-2)22-10-6-8-12-26(22)38-32/h5-18,37-38H,3-4H2,1-2H3. The first-order valence-corrected chi connectivity index (χ1v) is 14.5. The number of H-pyrrole nitrogens is 2. The van der Waals surface area contributed by atoms with Crippen LogP contribution >= 0.6 is 0 Å². The van der Waals surface area contributed by atoms with Crippen LogP contribution in [0.2, 0.25) is 0 Å². The fourth-order valence-electron chi connectivity index (χ4n) is 5.87. The Labute approximate surface area is 255 Å². The number of benzene rings is 4. The van der Waals surface area contributed by atoms with Crippen molar-refractivity contribution in [1.29, 1.82) is 0 Å². The molecule has 0 spiro atoms. The molecule has 45 heavy (non-hydrogen) atoms. The highest BCUT2D eigenvalue weighted by Gasteiger charge is 2.28. The molecule has 7 aromatic rings. The lowest BCUT2D eigenvalue weighted by atomic mass is 9.98. The van der Waals surface area contributed by atoms with Crippen molar-refractivity contribution in [2.45, 2.75) is 13.8 Å². The van der Waals surface area contributed by atoms with E-state index in [-0.39, 0.29) is 24.3 Å². The van der Waals surface area contributed by atoms with Gasteiger partial charge in [-0.1, -0.05) is 36.4 Å². The summed E-state index contributed by atoms with van der Waals surface area (Å²) >= 11 is 0. The van der Waals surface area contributed by atoms with Crippen molar-refractivity contribution in [2.24, 2.45) is 0 Å². The smallest absolute Gasteiger partial charge is 0.379 e. The first-order valence-electron chi connectivity index (χ1n) is 14.5. The summed E-state index contributed by atoms with van der Waals surface area (Å²) in [4.78, 5) is 58.3. The monoisotopic (exact) mass is 598 g/mol. The maximum absolute atomic E-state index is 13.3. The lowest BCUT2D eigenvalue weighted by Gasteiger charge is -2.06. The van der Waals surface area contributed by atoms with Gasteiger partial charge in [0.15, 0.2) is 0 Å². The average Bonchev–Trinajstić information content (AvgIpc) is 3.75. The minimum atomic E-state index is -0.922. The van der Waals surface area contributed by atoms with Crippen LogP contribution in [0.25, 0.3) is 66.3 Å². The van der Waals surface area contributed by atoms with Crippen LogP contribution in [0.4, 0.5) is 0 Å². The molecule has 0 saturated heterocycles. The molecule has 222 valence electrons. The molecule has 0 fully saturated rings. The molecule has 0 bridgehead atoms. The minimum Gasteiger partial charge on any atom is -0.460 e. The number of ketones is 2. The highest BCUT2D eigenvalue weighted by molar-refractivity contribution is 6.45. The normalized spacial score (nSPS) is 11.4. The molecular formula is C36H26N2O7. The number of nitrogens with one attached hydrogen (secondary N) is 2. The number of rotatable bonds is 8. The van der Waals surface area contributed by atoms with E-state index in [1.165, 1.54) is 0 Å². The zero-order valence-corrected chi connectivity index (χ0v) is 24.4. The van der Waals surface area contributed by atoms with Gasteiger partial charge < -0.3 is 23.9 Å². The lowest BCUT2D eigenvalue weighted by Crippen LogP contribution is -2.18. The van der Waals surface area contributed by atoms with Gasteiger partial charge in [-0.25, -0.2) is 9.59 Å². The number of aromatic nitrogens is 2. The van der Waals surface area contributed by atoms with E-state index in [2.05, 4.69) is 9.97 Å². The second kappa shape index (κ2) is 10.9. The lowest BCUT2D eigenvalue weighted by molar-refractivity contribution is -0.138. The fourth-order valence-corrected chi connectivity index (χ4v) is 5.87. The summed E-state index contributed by atoms with van der Waals surface area (Å²) in [5, 5.41) is 2.74. The maximum atomic E-state index is 13.3. The quantitative estimate of drug-likeness (QED) is 0.106. The van der Waals surface area contributed by atoms with Crippen molar-refractivity contribution in [1.82, 2.24) is 9.97 Å². The highest BCUT2D eigenvalue weighted by atomic mass is 16.5. The van der Waals surface area contributed by atoms with E-state index < -0.39 is 23.5 Å². The second-order valence-electron chi connectivity index (χ2n) is 10.5. The molecule has 3 aromatic heterocycles. The van der Waals surface area contributed by atoms with E-state index in [1.54, 1.807) is 38.1 Å². The third-order valence-corrected chi connectivity index (χ3v) is 7.83. The molecule has 0 saturated carbocycles. The van der Waals surface area contributed by atoms with Crippen molar-refractivity contribution >= 4 is 67.2 Å². The summed E-state index contributed by atoms with van der Waals surface area (Å²) in [6, 6.07) is 25.6. The first kappa shape index (κ1) is 27.8. The van der Waals surface area contributed by atoms with Crippen LogP contribution in [0.15, 0.2) is 89.3 Å². The van der Waals surface area contributed by atoms with Gasteiger partial charge in [0.1, 0.15) is 11.2 Å². The Morgan fingerprint density at radius 3 is 1.42 bits per heavy atom. The molecular weight excluding hydrogens is 572 g/mol. The average molecular weight is 599 g/mol. The van der Waals surface area contributed by atoms with Gasteiger partial charge >= 0.3 is 11.9 Å². The van der Waals surface area contributed by atoms with Gasteiger partial charge in [-0.15, -0.1) is 0 Å². The molecule has 0 aliphatic heterocycles. The van der Waals surface area contributed by atoms with E-state index in [1.807, 2.05) is 60.7 Å². The Balaban J connectivity index is 1.41. The van der Waals surface area contributed by atoms with Crippen molar-refractivity contribution < 1.29 is 33.1 Å². The van der Waals surface area contributed by atoms with Crippen molar-refractivity contribution in [3.05, 3.63) is 96.1 Å². The Morgan fingerprint density at radius 1 is 0.578 bits per heavy atom. The Kier molecular flexibility index (Phi) is 6.78. The van der Waals surface area contributed by atoms with Crippen LogP contribution in [0, 0.1) is 0 Å². The Morgan fingerprint density at radius 2 is 1.00 bits per heavy atom. The highest BCUT2D eigenvalue weighted by Crippen LogP contribution is 2.39. The molecule has 7 rings (SSSR count). The van der Waals surface area contributed by atoms with Gasteiger partial charge in [0.25, 0.3) is 11.6 Å². The van der Waals surface area contributed by atoms with Gasteiger partial charge in [0.05, 0.1) is 35.7 Å². The van der Waals surface area contributed by atoms with Crippen LogP contribution in [0.5, 0.6) is 0 Å². The topological polar surface area (TPSA) is 131 Å². The molecule has 0 radical (unpaired) electrons. The number of hydrogen-bond donors (Lipinski definition) is 2. The molecule has 2 N–H and O–H groups in total. The third kappa shape index (κ3) is 4.56. The predicted octanol–water partition coefficient (Wildman–Crippen LogP) is 7.37. The van der Waals surface area contributed by atoms with Crippen LogP contribution in [0.3, 0.4) is 0 Å². The zero-order valence-electron chi connectivity index (χ0n) is 24.4. The number of ether oxygens (including phenoxy) is 2. The molecule has 9 heteroatoms. The largest absolute Gasteiger partial charge is 0.460 e. The molecule has 4 aromatic carbocycles. The number of carbonyl (C=O) groups is 4. The molecule has 3 heterocycles. The molecule has 0 aliphatic carbocycles. The summed E-state index contributed by atoms with van der Waals surface area (Å²) in [5.41, 5.74) is 5.41. The van der Waals surface area contributed by atoms with Crippen molar-refractivity contribution in [3.63, 3.8) is 0 Å². The summed E-state index contributed by atoms with van der Waals surface area (Å²) in [6.07, 6.45) is 0. The SMILES string of the molecule is CCOC(=O)C(=O)c1c(-c2ccc3oc4ccc(-c5[nH]c6ccccc6c5C(=O)C(=O)OCC)cc4c3c2)[nH]c2ccccc12. The number of hydrogen-bond acceptors (Lipinski definition) is 7. The first-order chi connectivity index (χ1) is 21.9.